The van der Waals surface area contributed by atoms with E-state index in [0.717, 1.165) is 24.2 Å². The fourth-order valence-electron chi connectivity index (χ4n) is 6.14. The van der Waals surface area contributed by atoms with E-state index < -0.39 is 11.4 Å². The highest BCUT2D eigenvalue weighted by atomic mass is 16.5. The molecule has 3 aliphatic rings. The quantitative estimate of drug-likeness (QED) is 0.571. The van der Waals surface area contributed by atoms with Crippen LogP contribution in [0.15, 0.2) is 42.6 Å². The number of primary amides is 1. The van der Waals surface area contributed by atoms with Crippen LogP contribution in [-0.4, -0.2) is 64.9 Å². The Morgan fingerprint density at radius 2 is 1.68 bits per heavy atom. The third-order valence-electron chi connectivity index (χ3n) is 8.96. The van der Waals surface area contributed by atoms with Crippen molar-refractivity contribution in [2.24, 2.45) is 17.1 Å². The van der Waals surface area contributed by atoms with Gasteiger partial charge in [-0.05, 0) is 93.6 Å². The number of rotatable bonds is 8. The van der Waals surface area contributed by atoms with Crippen LogP contribution >= 0.6 is 0 Å². The van der Waals surface area contributed by atoms with Crippen molar-refractivity contribution in [2.75, 3.05) is 32.8 Å². The summed E-state index contributed by atoms with van der Waals surface area (Å²) in [5.74, 6) is 0.631. The summed E-state index contributed by atoms with van der Waals surface area (Å²) in [4.78, 5) is 33.8. The molecule has 3 fully saturated rings. The predicted octanol–water partition coefficient (Wildman–Crippen LogP) is 4.51. The maximum Gasteiger partial charge on any atom is 0.254 e. The SMILES string of the molecule is CC1(CN2CCC(COc3ccc(-c4ccc(C(=O)N5CCC[C@@]5(C)C(N)=O)cc4)cn3)CC2)CCC1. The van der Waals surface area contributed by atoms with Crippen LogP contribution in [0.3, 0.4) is 0 Å². The molecule has 1 aromatic heterocycles. The number of pyridine rings is 1. The van der Waals surface area contributed by atoms with E-state index in [1.54, 1.807) is 24.0 Å². The Balaban J connectivity index is 1.12. The molecule has 7 nitrogen and oxygen atoms in total. The van der Waals surface area contributed by atoms with Crippen LogP contribution in [0.4, 0.5) is 0 Å². The van der Waals surface area contributed by atoms with E-state index in [0.29, 0.717) is 35.7 Å². The van der Waals surface area contributed by atoms with E-state index >= 15 is 0 Å². The summed E-state index contributed by atoms with van der Waals surface area (Å²) in [6.45, 7) is 9.05. The number of benzene rings is 1. The van der Waals surface area contributed by atoms with Gasteiger partial charge in [0, 0.05) is 36.5 Å². The van der Waals surface area contributed by atoms with Crippen LogP contribution in [0, 0.1) is 11.3 Å². The molecule has 1 atom stereocenters. The number of piperidine rings is 1. The van der Waals surface area contributed by atoms with E-state index in [2.05, 4.69) is 16.8 Å². The summed E-state index contributed by atoms with van der Waals surface area (Å²) < 4.78 is 6.03. The molecule has 1 aromatic carbocycles. The highest BCUT2D eigenvalue weighted by Crippen LogP contribution is 2.41. The molecule has 1 aliphatic carbocycles. The smallest absolute Gasteiger partial charge is 0.254 e. The first kappa shape index (κ1) is 25.7. The molecule has 0 radical (unpaired) electrons. The number of amides is 2. The number of aromatic nitrogens is 1. The van der Waals surface area contributed by atoms with E-state index in [4.69, 9.17) is 10.5 Å². The largest absolute Gasteiger partial charge is 0.477 e. The van der Waals surface area contributed by atoms with Gasteiger partial charge in [-0.2, -0.15) is 0 Å². The number of hydrogen-bond acceptors (Lipinski definition) is 5. The first-order chi connectivity index (χ1) is 17.8. The van der Waals surface area contributed by atoms with Gasteiger partial charge in [0.05, 0.1) is 6.61 Å². The van der Waals surface area contributed by atoms with Gasteiger partial charge >= 0.3 is 0 Å². The number of hydrogen-bond donors (Lipinski definition) is 1. The molecule has 7 heteroatoms. The first-order valence-corrected chi connectivity index (χ1v) is 13.8. The molecule has 1 saturated carbocycles. The molecule has 5 rings (SSSR count). The van der Waals surface area contributed by atoms with Gasteiger partial charge in [0.25, 0.3) is 5.91 Å². The second kappa shape index (κ2) is 10.4. The highest BCUT2D eigenvalue weighted by molar-refractivity contribution is 5.99. The fraction of sp³-hybridized carbons (Fsp3) is 0.567. The lowest BCUT2D eigenvalue weighted by Crippen LogP contribution is -2.53. The molecular formula is C30H40N4O3. The number of nitrogens with two attached hydrogens (primary N) is 1. The normalized spacial score (nSPS) is 24.0. The number of likely N-dealkylation sites (tertiary alicyclic amines) is 2. The average molecular weight is 505 g/mol. The van der Waals surface area contributed by atoms with E-state index in [1.807, 2.05) is 30.5 Å². The van der Waals surface area contributed by atoms with Gasteiger partial charge in [-0.3, -0.25) is 9.59 Å². The molecule has 37 heavy (non-hydrogen) atoms. The van der Waals surface area contributed by atoms with Crippen LogP contribution in [0.5, 0.6) is 5.88 Å². The minimum Gasteiger partial charge on any atom is -0.477 e. The van der Waals surface area contributed by atoms with Crippen LogP contribution in [0.25, 0.3) is 11.1 Å². The molecular weight excluding hydrogens is 464 g/mol. The van der Waals surface area contributed by atoms with Crippen molar-refractivity contribution >= 4 is 11.8 Å². The van der Waals surface area contributed by atoms with Gasteiger partial charge in [0.1, 0.15) is 5.54 Å². The molecule has 2 N–H and O–H groups in total. The predicted molar refractivity (Wildman–Crippen MR) is 144 cm³/mol. The molecule has 2 amide bonds. The Morgan fingerprint density at radius 1 is 0.973 bits per heavy atom. The lowest BCUT2D eigenvalue weighted by atomic mass is 9.70. The van der Waals surface area contributed by atoms with E-state index in [-0.39, 0.29) is 5.91 Å². The summed E-state index contributed by atoms with van der Waals surface area (Å²) in [5.41, 5.74) is 7.73. The second-order valence-electron chi connectivity index (χ2n) is 11.9. The van der Waals surface area contributed by atoms with Gasteiger partial charge in [-0.25, -0.2) is 4.98 Å². The van der Waals surface area contributed by atoms with Gasteiger partial charge in [0.2, 0.25) is 11.8 Å². The average Bonchev–Trinajstić information content (AvgIpc) is 3.30. The third kappa shape index (κ3) is 5.52. The molecule has 2 aliphatic heterocycles. The fourth-order valence-corrected chi connectivity index (χ4v) is 6.14. The molecule has 0 spiro atoms. The Labute approximate surface area is 220 Å². The van der Waals surface area contributed by atoms with Gasteiger partial charge in [-0.1, -0.05) is 25.5 Å². The number of carbonyl (C=O) groups excluding carboxylic acids is 2. The van der Waals surface area contributed by atoms with Gasteiger partial charge in [0.15, 0.2) is 0 Å². The molecule has 3 heterocycles. The summed E-state index contributed by atoms with van der Waals surface area (Å²) in [6, 6.07) is 11.4. The Hall–Kier alpha value is -2.93. The van der Waals surface area contributed by atoms with Gasteiger partial charge < -0.3 is 20.3 Å². The number of nitrogens with zero attached hydrogens (tertiary/aromatic N) is 3. The second-order valence-corrected chi connectivity index (χ2v) is 11.9. The standard InChI is InChI=1S/C30H40N4O3/c1-29(13-3-14-29)21-33-17-11-22(12-18-33)20-37-26-10-9-25(19-32-26)23-5-7-24(8-6-23)27(35)34-16-4-15-30(34,2)28(31)36/h5-10,19,22H,3-4,11-18,20-21H2,1-2H3,(H2,31,36)/t30-/m0/s1. The Morgan fingerprint density at radius 3 is 2.27 bits per heavy atom. The molecule has 0 bridgehead atoms. The summed E-state index contributed by atoms with van der Waals surface area (Å²) >= 11 is 0. The number of carbonyl (C=O) groups is 2. The van der Waals surface area contributed by atoms with Crippen LogP contribution < -0.4 is 10.5 Å². The monoisotopic (exact) mass is 504 g/mol. The summed E-state index contributed by atoms with van der Waals surface area (Å²) in [5, 5.41) is 0. The molecule has 198 valence electrons. The minimum atomic E-state index is -0.916. The van der Waals surface area contributed by atoms with Crippen molar-refractivity contribution in [1.29, 1.82) is 0 Å². The van der Waals surface area contributed by atoms with E-state index in [1.165, 1.54) is 51.7 Å². The number of ether oxygens (including phenoxy) is 1. The van der Waals surface area contributed by atoms with Crippen molar-refractivity contribution in [3.63, 3.8) is 0 Å². The summed E-state index contributed by atoms with van der Waals surface area (Å²) in [7, 11) is 0. The zero-order valence-corrected chi connectivity index (χ0v) is 22.2. The van der Waals surface area contributed by atoms with Gasteiger partial charge in [-0.15, -0.1) is 0 Å². The van der Waals surface area contributed by atoms with Crippen molar-refractivity contribution in [3.8, 4) is 17.0 Å². The van der Waals surface area contributed by atoms with Crippen molar-refractivity contribution in [2.45, 2.75) is 64.3 Å². The topological polar surface area (TPSA) is 88.8 Å². The molecule has 0 unspecified atom stereocenters. The zero-order valence-electron chi connectivity index (χ0n) is 22.2. The Bertz CT molecular complexity index is 1100. The zero-order chi connectivity index (χ0) is 26.0. The van der Waals surface area contributed by atoms with Crippen LogP contribution in [0.1, 0.15) is 69.2 Å². The first-order valence-electron chi connectivity index (χ1n) is 13.8. The van der Waals surface area contributed by atoms with Crippen molar-refractivity contribution < 1.29 is 14.3 Å². The lowest BCUT2D eigenvalue weighted by Gasteiger charge is -2.44. The van der Waals surface area contributed by atoms with Crippen LogP contribution in [0.2, 0.25) is 0 Å². The maximum atomic E-state index is 13.0. The minimum absolute atomic E-state index is 0.157. The lowest BCUT2D eigenvalue weighted by molar-refractivity contribution is -0.126. The van der Waals surface area contributed by atoms with E-state index in [9.17, 15) is 9.59 Å². The van der Waals surface area contributed by atoms with Crippen molar-refractivity contribution in [1.82, 2.24) is 14.8 Å². The molecule has 2 saturated heterocycles. The summed E-state index contributed by atoms with van der Waals surface area (Å²) in [6.07, 6.45) is 9.74. The molecule has 2 aromatic rings. The Kier molecular flexibility index (Phi) is 7.26. The van der Waals surface area contributed by atoms with Crippen LogP contribution in [-0.2, 0) is 4.79 Å². The van der Waals surface area contributed by atoms with Crippen molar-refractivity contribution in [3.05, 3.63) is 48.2 Å². The highest BCUT2D eigenvalue weighted by Gasteiger charge is 2.44. The maximum absolute atomic E-state index is 13.0. The third-order valence-corrected chi connectivity index (χ3v) is 8.96.